The standard InChI is InChI=1S/C22H29IO6/c1-3-10-17(23)22(25)28-14-8-6-4-5-7-13-27-19-15-20(24)29-21-16(19)11-9-12-18(21)26-2/h9,11-12,15,17H,3-8,10,13-14H2,1-2H3. The van der Waals surface area contributed by atoms with Crippen molar-refractivity contribution in [1.82, 2.24) is 0 Å². The van der Waals surface area contributed by atoms with Crippen molar-refractivity contribution < 1.29 is 23.4 Å². The molecule has 1 aromatic carbocycles. The second kappa shape index (κ2) is 12.7. The van der Waals surface area contributed by atoms with Crippen LogP contribution in [0.1, 0.15) is 51.9 Å². The number of carbonyl (C=O) groups excluding carboxylic acids is 1. The predicted octanol–water partition coefficient (Wildman–Crippen LogP) is 5.28. The van der Waals surface area contributed by atoms with Crippen molar-refractivity contribution in [2.24, 2.45) is 0 Å². The van der Waals surface area contributed by atoms with E-state index in [1.807, 2.05) is 12.1 Å². The third-order valence-corrected chi connectivity index (χ3v) is 5.64. The van der Waals surface area contributed by atoms with Gasteiger partial charge in [-0.2, -0.15) is 0 Å². The number of fused-ring (bicyclic) bond motifs is 1. The summed E-state index contributed by atoms with van der Waals surface area (Å²) in [5.74, 6) is 0.925. The van der Waals surface area contributed by atoms with Gasteiger partial charge in [0.2, 0.25) is 0 Å². The summed E-state index contributed by atoms with van der Waals surface area (Å²) in [7, 11) is 1.54. The average molecular weight is 516 g/mol. The van der Waals surface area contributed by atoms with E-state index in [1.165, 1.54) is 13.2 Å². The molecule has 0 radical (unpaired) electrons. The Morgan fingerprint density at radius 2 is 1.83 bits per heavy atom. The van der Waals surface area contributed by atoms with Crippen molar-refractivity contribution in [3.05, 3.63) is 34.7 Å². The average Bonchev–Trinajstić information content (AvgIpc) is 2.71. The Hall–Kier alpha value is -1.77. The summed E-state index contributed by atoms with van der Waals surface area (Å²) < 4.78 is 21.6. The number of alkyl halides is 1. The minimum Gasteiger partial charge on any atom is -0.493 e. The molecule has 0 fully saturated rings. The molecule has 0 spiro atoms. The number of para-hydroxylation sites is 1. The maximum absolute atomic E-state index is 11.8. The number of unbranched alkanes of at least 4 members (excludes halogenated alkanes) is 4. The van der Waals surface area contributed by atoms with Crippen molar-refractivity contribution in [3.63, 3.8) is 0 Å². The van der Waals surface area contributed by atoms with E-state index in [2.05, 4.69) is 29.5 Å². The highest BCUT2D eigenvalue weighted by Crippen LogP contribution is 2.30. The van der Waals surface area contributed by atoms with Crippen LogP contribution < -0.4 is 15.1 Å². The number of benzene rings is 1. The van der Waals surface area contributed by atoms with E-state index in [0.717, 1.165) is 50.3 Å². The summed E-state index contributed by atoms with van der Waals surface area (Å²) in [6.07, 6.45) is 6.70. The molecule has 1 aromatic heterocycles. The van der Waals surface area contributed by atoms with Gasteiger partial charge in [0.15, 0.2) is 11.3 Å². The molecule has 7 heteroatoms. The molecule has 0 N–H and O–H groups in total. The van der Waals surface area contributed by atoms with Gasteiger partial charge in [-0.15, -0.1) is 0 Å². The fraction of sp³-hybridized carbons (Fsp3) is 0.545. The number of ether oxygens (including phenoxy) is 3. The van der Waals surface area contributed by atoms with Gasteiger partial charge in [-0.3, -0.25) is 4.79 Å². The first-order chi connectivity index (χ1) is 14.1. The lowest BCUT2D eigenvalue weighted by atomic mass is 10.1. The molecule has 0 saturated heterocycles. The van der Waals surface area contributed by atoms with Crippen molar-refractivity contribution in [2.75, 3.05) is 20.3 Å². The minimum atomic E-state index is -0.459. The number of esters is 1. The van der Waals surface area contributed by atoms with E-state index in [9.17, 15) is 9.59 Å². The number of hydrogen-bond donors (Lipinski definition) is 0. The Balaban J connectivity index is 1.66. The Labute approximate surface area is 185 Å². The molecule has 160 valence electrons. The molecule has 1 atom stereocenters. The van der Waals surface area contributed by atoms with Gasteiger partial charge in [0, 0.05) is 0 Å². The van der Waals surface area contributed by atoms with Gasteiger partial charge in [-0.1, -0.05) is 61.3 Å². The molecule has 0 aliphatic heterocycles. The number of carbonyl (C=O) groups is 1. The summed E-state index contributed by atoms with van der Waals surface area (Å²) in [4.78, 5) is 23.5. The van der Waals surface area contributed by atoms with Crippen LogP contribution in [0.5, 0.6) is 11.5 Å². The van der Waals surface area contributed by atoms with Crippen molar-refractivity contribution in [3.8, 4) is 11.5 Å². The second-order valence-electron chi connectivity index (χ2n) is 6.81. The predicted molar refractivity (Wildman–Crippen MR) is 121 cm³/mol. The molecule has 0 saturated carbocycles. The van der Waals surface area contributed by atoms with Gasteiger partial charge in [0.1, 0.15) is 9.67 Å². The SMILES string of the molecule is CCCC(I)C(=O)OCCCCCCCOc1cc(=O)oc2c(OC)cccc12. The fourth-order valence-corrected chi connectivity index (χ4v) is 3.76. The zero-order valence-electron chi connectivity index (χ0n) is 17.1. The van der Waals surface area contributed by atoms with Crippen LogP contribution >= 0.6 is 22.6 Å². The van der Waals surface area contributed by atoms with Gasteiger partial charge >= 0.3 is 11.6 Å². The third-order valence-electron chi connectivity index (χ3n) is 4.50. The summed E-state index contributed by atoms with van der Waals surface area (Å²) >= 11 is 2.15. The zero-order chi connectivity index (χ0) is 21.1. The maximum Gasteiger partial charge on any atom is 0.340 e. The molecule has 0 aliphatic rings. The van der Waals surface area contributed by atoms with Gasteiger partial charge < -0.3 is 18.6 Å². The first-order valence-corrected chi connectivity index (χ1v) is 11.4. The number of methoxy groups -OCH3 is 1. The van der Waals surface area contributed by atoms with Crippen LogP contribution in [0.2, 0.25) is 0 Å². The molecule has 6 nitrogen and oxygen atoms in total. The van der Waals surface area contributed by atoms with E-state index in [4.69, 9.17) is 18.6 Å². The van der Waals surface area contributed by atoms with Gasteiger partial charge in [-0.05, 0) is 31.4 Å². The topological polar surface area (TPSA) is 75.0 Å². The number of rotatable bonds is 13. The van der Waals surface area contributed by atoms with Crippen LogP contribution in [-0.2, 0) is 9.53 Å². The number of hydrogen-bond acceptors (Lipinski definition) is 6. The molecule has 0 bridgehead atoms. The van der Waals surface area contributed by atoms with Crippen molar-refractivity contribution in [2.45, 2.75) is 55.8 Å². The van der Waals surface area contributed by atoms with Gasteiger partial charge in [-0.25, -0.2) is 4.79 Å². The van der Waals surface area contributed by atoms with Crippen LogP contribution in [0.25, 0.3) is 11.0 Å². The molecule has 2 aromatic rings. The Morgan fingerprint density at radius 1 is 1.10 bits per heavy atom. The Morgan fingerprint density at radius 3 is 2.55 bits per heavy atom. The molecule has 0 aliphatic carbocycles. The van der Waals surface area contributed by atoms with E-state index < -0.39 is 5.63 Å². The lowest BCUT2D eigenvalue weighted by Gasteiger charge is -2.10. The summed E-state index contributed by atoms with van der Waals surface area (Å²) in [5.41, 5.74) is -0.0565. The van der Waals surface area contributed by atoms with Crippen LogP contribution in [0.3, 0.4) is 0 Å². The van der Waals surface area contributed by atoms with E-state index in [-0.39, 0.29) is 9.89 Å². The zero-order valence-corrected chi connectivity index (χ0v) is 19.2. The highest BCUT2D eigenvalue weighted by Gasteiger charge is 2.14. The third kappa shape index (κ3) is 7.53. The molecule has 1 unspecified atom stereocenters. The highest BCUT2D eigenvalue weighted by molar-refractivity contribution is 14.1. The van der Waals surface area contributed by atoms with Gasteiger partial charge in [0.05, 0.1) is 31.8 Å². The summed E-state index contributed by atoms with van der Waals surface area (Å²) in [6, 6.07) is 6.80. The largest absolute Gasteiger partial charge is 0.493 e. The summed E-state index contributed by atoms with van der Waals surface area (Å²) in [6.45, 7) is 3.08. The lowest BCUT2D eigenvalue weighted by molar-refractivity contribution is -0.142. The summed E-state index contributed by atoms with van der Waals surface area (Å²) in [5, 5.41) is 0.724. The number of halogens is 1. The fourth-order valence-electron chi connectivity index (χ4n) is 2.96. The molecule has 0 amide bonds. The van der Waals surface area contributed by atoms with Crippen LogP contribution in [-0.4, -0.2) is 30.2 Å². The van der Waals surface area contributed by atoms with Crippen LogP contribution in [0, 0.1) is 0 Å². The second-order valence-corrected chi connectivity index (χ2v) is 8.31. The van der Waals surface area contributed by atoms with Crippen molar-refractivity contribution >= 4 is 39.5 Å². The lowest BCUT2D eigenvalue weighted by Crippen LogP contribution is -2.17. The monoisotopic (exact) mass is 516 g/mol. The van der Waals surface area contributed by atoms with Gasteiger partial charge in [0.25, 0.3) is 0 Å². The Kier molecular flexibility index (Phi) is 10.3. The van der Waals surface area contributed by atoms with Crippen molar-refractivity contribution in [1.29, 1.82) is 0 Å². The Bertz CT molecular complexity index is 832. The van der Waals surface area contributed by atoms with E-state index in [1.54, 1.807) is 6.07 Å². The molecule has 29 heavy (non-hydrogen) atoms. The first kappa shape index (κ1) is 23.5. The van der Waals surface area contributed by atoms with Crippen LogP contribution in [0.15, 0.2) is 33.5 Å². The molecule has 1 heterocycles. The van der Waals surface area contributed by atoms with E-state index in [0.29, 0.717) is 30.3 Å². The molecular formula is C22H29IO6. The minimum absolute atomic E-state index is 0.0359. The first-order valence-electron chi connectivity index (χ1n) is 10.1. The molecular weight excluding hydrogens is 487 g/mol. The maximum atomic E-state index is 11.8. The highest BCUT2D eigenvalue weighted by atomic mass is 127. The normalized spacial score (nSPS) is 12.0. The van der Waals surface area contributed by atoms with E-state index >= 15 is 0 Å². The van der Waals surface area contributed by atoms with Crippen LogP contribution in [0.4, 0.5) is 0 Å². The molecule has 2 rings (SSSR count). The smallest absolute Gasteiger partial charge is 0.340 e. The quantitative estimate of drug-likeness (QED) is 0.119.